The van der Waals surface area contributed by atoms with E-state index in [1.165, 1.54) is 6.07 Å². The number of hydrogen-bond acceptors (Lipinski definition) is 4. The molecule has 6 nitrogen and oxygen atoms in total. The number of thiocarbonyl (C=S) groups is 1. The molecule has 0 aliphatic carbocycles. The highest BCUT2D eigenvalue weighted by Crippen LogP contribution is 2.29. The van der Waals surface area contributed by atoms with Crippen LogP contribution in [0.4, 0.5) is 17.1 Å². The van der Waals surface area contributed by atoms with Crippen LogP contribution in [0.15, 0.2) is 36.4 Å². The second-order valence-corrected chi connectivity index (χ2v) is 5.67. The fourth-order valence-electron chi connectivity index (χ4n) is 2.17. The van der Waals surface area contributed by atoms with E-state index in [1.807, 2.05) is 39.0 Å². The molecule has 0 aromatic heterocycles. The molecule has 0 saturated carbocycles. The molecule has 7 heteroatoms. The van der Waals surface area contributed by atoms with Crippen molar-refractivity contribution in [2.24, 2.45) is 0 Å². The van der Waals surface area contributed by atoms with Crippen LogP contribution >= 0.6 is 12.2 Å². The Kier molecular flexibility index (Phi) is 5.70. The quantitative estimate of drug-likeness (QED) is 0.475. The van der Waals surface area contributed by atoms with Crippen molar-refractivity contribution < 1.29 is 9.66 Å². The van der Waals surface area contributed by atoms with Gasteiger partial charge in [0.25, 0.3) is 5.69 Å². The number of rotatable bonds is 5. The molecule has 0 heterocycles. The molecule has 0 aliphatic rings. The van der Waals surface area contributed by atoms with Crippen LogP contribution in [0.3, 0.4) is 0 Å². The molecule has 2 aromatic rings. The van der Waals surface area contributed by atoms with Gasteiger partial charge in [-0.15, -0.1) is 0 Å². The number of anilines is 2. The van der Waals surface area contributed by atoms with Crippen LogP contribution in [-0.2, 0) is 0 Å². The zero-order chi connectivity index (χ0) is 17.7. The fraction of sp³-hybridized carbons (Fsp3) is 0.235. The Labute approximate surface area is 146 Å². The summed E-state index contributed by atoms with van der Waals surface area (Å²) in [6.45, 7) is 6.21. The Morgan fingerprint density at radius 2 is 1.88 bits per heavy atom. The fourth-order valence-corrected chi connectivity index (χ4v) is 2.39. The van der Waals surface area contributed by atoms with Crippen molar-refractivity contribution in [3.63, 3.8) is 0 Å². The summed E-state index contributed by atoms with van der Waals surface area (Å²) < 4.78 is 5.30. The molecule has 0 aliphatic heterocycles. The number of nitrogens with one attached hydrogen (secondary N) is 2. The molecule has 0 radical (unpaired) electrons. The Balaban J connectivity index is 2.19. The van der Waals surface area contributed by atoms with E-state index in [0.717, 1.165) is 16.8 Å². The molecule has 2 aromatic carbocycles. The second kappa shape index (κ2) is 7.74. The molecule has 126 valence electrons. The maximum atomic E-state index is 11.3. The van der Waals surface area contributed by atoms with Gasteiger partial charge in [-0.25, -0.2) is 0 Å². The van der Waals surface area contributed by atoms with Crippen LogP contribution in [0, 0.1) is 24.0 Å². The highest BCUT2D eigenvalue weighted by molar-refractivity contribution is 7.80. The van der Waals surface area contributed by atoms with Crippen LogP contribution in [0.1, 0.15) is 18.1 Å². The van der Waals surface area contributed by atoms with E-state index < -0.39 is 4.92 Å². The molecule has 24 heavy (non-hydrogen) atoms. The Hall–Kier alpha value is -2.67. The van der Waals surface area contributed by atoms with Crippen LogP contribution in [0.25, 0.3) is 0 Å². The number of aryl methyl sites for hydroxylation is 2. The average molecular weight is 345 g/mol. The summed E-state index contributed by atoms with van der Waals surface area (Å²) in [5, 5.41) is 17.5. The number of hydrogen-bond donors (Lipinski definition) is 2. The second-order valence-electron chi connectivity index (χ2n) is 5.27. The lowest BCUT2D eigenvalue weighted by Gasteiger charge is -2.14. The first-order chi connectivity index (χ1) is 11.4. The topological polar surface area (TPSA) is 76.4 Å². The van der Waals surface area contributed by atoms with Crippen molar-refractivity contribution in [1.82, 2.24) is 0 Å². The molecular weight excluding hydrogens is 326 g/mol. The molecular formula is C17H19N3O3S. The average Bonchev–Trinajstić information content (AvgIpc) is 2.52. The summed E-state index contributed by atoms with van der Waals surface area (Å²) in [4.78, 5) is 10.8. The summed E-state index contributed by atoms with van der Waals surface area (Å²) in [5.74, 6) is 0.447. The monoisotopic (exact) mass is 345 g/mol. The summed E-state index contributed by atoms with van der Waals surface area (Å²) in [5.41, 5.74) is 3.21. The van der Waals surface area contributed by atoms with E-state index >= 15 is 0 Å². The van der Waals surface area contributed by atoms with Crippen molar-refractivity contribution in [2.75, 3.05) is 17.2 Å². The number of ether oxygens (including phenoxy) is 1. The van der Waals surface area contributed by atoms with Crippen molar-refractivity contribution in [3.8, 4) is 5.75 Å². The number of nitro groups is 1. The van der Waals surface area contributed by atoms with E-state index in [-0.39, 0.29) is 10.8 Å². The SMILES string of the molecule is CCOc1ccc(NC(=S)Nc2cc(C)ccc2C)c([N+](=O)[O-])c1. The van der Waals surface area contributed by atoms with E-state index in [9.17, 15) is 10.1 Å². The molecule has 0 amide bonds. The first-order valence-corrected chi connectivity index (χ1v) is 7.88. The minimum atomic E-state index is -0.467. The molecule has 0 fully saturated rings. The van der Waals surface area contributed by atoms with Crippen molar-refractivity contribution in [1.29, 1.82) is 0 Å². The lowest BCUT2D eigenvalue weighted by Crippen LogP contribution is -2.20. The first-order valence-electron chi connectivity index (χ1n) is 7.47. The standard InChI is InChI=1S/C17H19N3O3S/c1-4-23-13-7-8-14(16(10-13)20(21)22)18-17(24)19-15-9-11(2)5-6-12(15)3/h5-10H,4H2,1-3H3,(H2,18,19,24). The predicted octanol–water partition coefficient (Wildman–Crippen LogP) is 4.42. The van der Waals surface area contributed by atoms with Gasteiger partial charge in [-0.1, -0.05) is 12.1 Å². The number of benzene rings is 2. The van der Waals surface area contributed by atoms with E-state index in [4.69, 9.17) is 17.0 Å². The molecule has 0 unspecified atom stereocenters. The Bertz CT molecular complexity index is 778. The molecule has 2 rings (SSSR count). The summed E-state index contributed by atoms with van der Waals surface area (Å²) >= 11 is 5.28. The van der Waals surface area contributed by atoms with Gasteiger partial charge >= 0.3 is 0 Å². The highest BCUT2D eigenvalue weighted by atomic mass is 32.1. The zero-order valence-electron chi connectivity index (χ0n) is 13.8. The van der Waals surface area contributed by atoms with Gasteiger partial charge < -0.3 is 15.4 Å². The van der Waals surface area contributed by atoms with Crippen LogP contribution in [0.2, 0.25) is 0 Å². The van der Waals surface area contributed by atoms with Crippen molar-refractivity contribution >= 4 is 34.4 Å². The number of nitro benzene ring substituents is 1. The van der Waals surface area contributed by atoms with E-state index in [1.54, 1.807) is 12.1 Å². The van der Waals surface area contributed by atoms with Gasteiger partial charge in [0.1, 0.15) is 11.4 Å². The molecule has 0 atom stereocenters. The van der Waals surface area contributed by atoms with Gasteiger partial charge in [0, 0.05) is 5.69 Å². The molecule has 0 bridgehead atoms. The summed E-state index contributed by atoms with van der Waals surface area (Å²) in [6, 6.07) is 10.6. The normalized spacial score (nSPS) is 10.1. The summed E-state index contributed by atoms with van der Waals surface area (Å²) in [7, 11) is 0. The predicted molar refractivity (Wildman–Crippen MR) is 100 cm³/mol. The smallest absolute Gasteiger partial charge is 0.296 e. The third-order valence-electron chi connectivity index (χ3n) is 3.37. The Morgan fingerprint density at radius 3 is 2.54 bits per heavy atom. The minimum Gasteiger partial charge on any atom is -0.494 e. The van der Waals surface area contributed by atoms with E-state index in [0.29, 0.717) is 18.0 Å². The largest absolute Gasteiger partial charge is 0.494 e. The first kappa shape index (κ1) is 17.7. The summed E-state index contributed by atoms with van der Waals surface area (Å²) in [6.07, 6.45) is 0. The van der Waals surface area contributed by atoms with Gasteiger partial charge in [-0.2, -0.15) is 0 Å². The number of nitrogens with zero attached hydrogens (tertiary/aromatic N) is 1. The molecule has 2 N–H and O–H groups in total. The third-order valence-corrected chi connectivity index (χ3v) is 3.57. The lowest BCUT2D eigenvalue weighted by atomic mass is 10.1. The zero-order valence-corrected chi connectivity index (χ0v) is 14.6. The lowest BCUT2D eigenvalue weighted by molar-refractivity contribution is -0.384. The maximum Gasteiger partial charge on any atom is 0.296 e. The van der Waals surface area contributed by atoms with Gasteiger partial charge in [-0.3, -0.25) is 10.1 Å². The highest BCUT2D eigenvalue weighted by Gasteiger charge is 2.16. The minimum absolute atomic E-state index is 0.0916. The molecule has 0 saturated heterocycles. The van der Waals surface area contributed by atoms with Gasteiger partial charge in [0.05, 0.1) is 17.6 Å². The Morgan fingerprint density at radius 1 is 1.17 bits per heavy atom. The van der Waals surface area contributed by atoms with Crippen molar-refractivity contribution in [3.05, 3.63) is 57.6 Å². The molecule has 0 spiro atoms. The third kappa shape index (κ3) is 4.42. The maximum absolute atomic E-state index is 11.3. The van der Waals surface area contributed by atoms with Gasteiger partial charge in [0.15, 0.2) is 5.11 Å². The van der Waals surface area contributed by atoms with Crippen LogP contribution in [-0.4, -0.2) is 16.6 Å². The van der Waals surface area contributed by atoms with Crippen molar-refractivity contribution in [2.45, 2.75) is 20.8 Å². The van der Waals surface area contributed by atoms with E-state index in [2.05, 4.69) is 10.6 Å². The van der Waals surface area contributed by atoms with Gasteiger partial charge in [0.2, 0.25) is 0 Å². The van der Waals surface area contributed by atoms with Crippen LogP contribution in [0.5, 0.6) is 5.75 Å². The van der Waals surface area contributed by atoms with Crippen LogP contribution < -0.4 is 15.4 Å². The van der Waals surface area contributed by atoms with Gasteiger partial charge in [-0.05, 0) is 62.3 Å².